The standard InChI is InChI=1S/C15H23N3O/c1-5-8-18-12(4)14(10-17-18)15-7-6-13(19-15)9-16-11(2)3/h6-7,10-11,16H,5,8-9H2,1-4H3. The molecule has 0 unspecified atom stereocenters. The number of nitrogens with zero attached hydrogens (tertiary/aromatic N) is 2. The Hall–Kier alpha value is -1.55. The van der Waals surface area contributed by atoms with Crippen LogP contribution in [0.15, 0.2) is 22.7 Å². The van der Waals surface area contributed by atoms with Crippen molar-refractivity contribution in [1.82, 2.24) is 15.1 Å². The first-order chi connectivity index (χ1) is 9.11. The summed E-state index contributed by atoms with van der Waals surface area (Å²) in [5.74, 6) is 1.87. The van der Waals surface area contributed by atoms with Gasteiger partial charge in [0.15, 0.2) is 0 Å². The van der Waals surface area contributed by atoms with Crippen LogP contribution in [0.25, 0.3) is 11.3 Å². The highest BCUT2D eigenvalue weighted by Gasteiger charge is 2.12. The van der Waals surface area contributed by atoms with Gasteiger partial charge in [-0.3, -0.25) is 4.68 Å². The molecular formula is C15H23N3O. The lowest BCUT2D eigenvalue weighted by Crippen LogP contribution is -2.21. The Labute approximate surface area is 114 Å². The van der Waals surface area contributed by atoms with E-state index in [0.717, 1.165) is 36.6 Å². The number of hydrogen-bond acceptors (Lipinski definition) is 3. The molecule has 104 valence electrons. The molecule has 0 aliphatic rings. The first-order valence-corrected chi connectivity index (χ1v) is 6.96. The number of rotatable bonds is 6. The zero-order valence-corrected chi connectivity index (χ0v) is 12.2. The molecule has 0 bridgehead atoms. The molecule has 0 spiro atoms. The van der Waals surface area contributed by atoms with E-state index < -0.39 is 0 Å². The number of nitrogens with one attached hydrogen (secondary N) is 1. The molecule has 0 saturated heterocycles. The van der Waals surface area contributed by atoms with Crippen LogP contribution in [0.5, 0.6) is 0 Å². The molecule has 19 heavy (non-hydrogen) atoms. The van der Waals surface area contributed by atoms with Gasteiger partial charge in [0.1, 0.15) is 11.5 Å². The summed E-state index contributed by atoms with van der Waals surface area (Å²) in [6.07, 6.45) is 2.98. The van der Waals surface area contributed by atoms with Crippen LogP contribution in [0, 0.1) is 6.92 Å². The lowest BCUT2D eigenvalue weighted by Gasteiger charge is -2.05. The van der Waals surface area contributed by atoms with Crippen molar-refractivity contribution >= 4 is 0 Å². The molecule has 0 aliphatic carbocycles. The molecule has 0 fully saturated rings. The highest BCUT2D eigenvalue weighted by molar-refractivity contribution is 5.59. The number of furan rings is 1. The molecule has 0 atom stereocenters. The average Bonchev–Trinajstić information content (AvgIpc) is 2.95. The minimum atomic E-state index is 0.461. The fourth-order valence-electron chi connectivity index (χ4n) is 2.05. The van der Waals surface area contributed by atoms with E-state index in [1.54, 1.807) is 0 Å². The maximum Gasteiger partial charge on any atom is 0.137 e. The monoisotopic (exact) mass is 261 g/mol. The molecule has 0 aromatic carbocycles. The van der Waals surface area contributed by atoms with Crippen LogP contribution in [0.2, 0.25) is 0 Å². The second-order valence-corrected chi connectivity index (χ2v) is 5.17. The van der Waals surface area contributed by atoms with Gasteiger partial charge in [-0.25, -0.2) is 0 Å². The summed E-state index contributed by atoms with van der Waals surface area (Å²) in [6, 6.07) is 4.52. The van der Waals surface area contributed by atoms with Gasteiger partial charge in [-0.2, -0.15) is 5.10 Å². The summed E-state index contributed by atoms with van der Waals surface area (Å²) < 4.78 is 7.91. The molecule has 1 N–H and O–H groups in total. The third kappa shape index (κ3) is 3.26. The molecule has 0 radical (unpaired) electrons. The van der Waals surface area contributed by atoms with E-state index in [9.17, 15) is 0 Å². The summed E-state index contributed by atoms with van der Waals surface area (Å²) in [6.45, 7) is 10.2. The Kier molecular flexibility index (Phi) is 4.43. The predicted octanol–water partition coefficient (Wildman–Crippen LogP) is 3.36. The number of aromatic nitrogens is 2. The molecule has 2 aromatic heterocycles. The minimum Gasteiger partial charge on any atom is -0.460 e. The second-order valence-electron chi connectivity index (χ2n) is 5.17. The summed E-state index contributed by atoms with van der Waals surface area (Å²) in [7, 11) is 0. The lowest BCUT2D eigenvalue weighted by atomic mass is 10.2. The van der Waals surface area contributed by atoms with E-state index in [1.165, 1.54) is 5.69 Å². The van der Waals surface area contributed by atoms with E-state index in [1.807, 2.05) is 23.0 Å². The summed E-state index contributed by atoms with van der Waals surface area (Å²) in [4.78, 5) is 0. The first kappa shape index (κ1) is 13.9. The van der Waals surface area contributed by atoms with Crippen molar-refractivity contribution in [2.75, 3.05) is 0 Å². The van der Waals surface area contributed by atoms with Crippen molar-refractivity contribution in [3.8, 4) is 11.3 Å². The van der Waals surface area contributed by atoms with Crippen LogP contribution in [0.1, 0.15) is 38.6 Å². The van der Waals surface area contributed by atoms with Gasteiger partial charge >= 0.3 is 0 Å². The van der Waals surface area contributed by atoms with Crippen LogP contribution in [-0.2, 0) is 13.1 Å². The molecule has 4 nitrogen and oxygen atoms in total. The van der Waals surface area contributed by atoms with Crippen LogP contribution >= 0.6 is 0 Å². The van der Waals surface area contributed by atoms with Gasteiger partial charge in [-0.15, -0.1) is 0 Å². The first-order valence-electron chi connectivity index (χ1n) is 6.96. The zero-order valence-electron chi connectivity index (χ0n) is 12.2. The maximum absolute atomic E-state index is 5.88. The molecule has 0 aliphatic heterocycles. The summed E-state index contributed by atoms with van der Waals surface area (Å²) in [5.41, 5.74) is 2.25. The molecule has 0 amide bonds. The van der Waals surface area contributed by atoms with Crippen LogP contribution in [-0.4, -0.2) is 15.8 Å². The zero-order chi connectivity index (χ0) is 13.8. The van der Waals surface area contributed by atoms with Gasteiger partial charge in [-0.1, -0.05) is 20.8 Å². The SMILES string of the molecule is CCCn1ncc(-c2ccc(CNC(C)C)o2)c1C. The van der Waals surface area contributed by atoms with Crippen molar-refractivity contribution in [1.29, 1.82) is 0 Å². The molecule has 2 rings (SSSR count). The number of aryl methyl sites for hydroxylation is 1. The van der Waals surface area contributed by atoms with E-state index in [-0.39, 0.29) is 0 Å². The van der Waals surface area contributed by atoms with Crippen LogP contribution < -0.4 is 5.32 Å². The summed E-state index contributed by atoms with van der Waals surface area (Å²) >= 11 is 0. The fraction of sp³-hybridized carbons (Fsp3) is 0.533. The third-order valence-electron chi connectivity index (χ3n) is 3.15. The fourth-order valence-corrected chi connectivity index (χ4v) is 2.05. The molecular weight excluding hydrogens is 238 g/mol. The molecule has 2 heterocycles. The Balaban J connectivity index is 2.14. The quantitative estimate of drug-likeness (QED) is 0.867. The van der Waals surface area contributed by atoms with E-state index in [2.05, 4.69) is 38.1 Å². The number of hydrogen-bond donors (Lipinski definition) is 1. The smallest absolute Gasteiger partial charge is 0.137 e. The van der Waals surface area contributed by atoms with E-state index in [4.69, 9.17) is 4.42 Å². The van der Waals surface area contributed by atoms with Gasteiger partial charge in [0.2, 0.25) is 0 Å². The molecule has 4 heteroatoms. The van der Waals surface area contributed by atoms with E-state index >= 15 is 0 Å². The molecule has 0 saturated carbocycles. The third-order valence-corrected chi connectivity index (χ3v) is 3.15. The molecule has 2 aromatic rings. The van der Waals surface area contributed by atoms with Crippen molar-refractivity contribution in [2.24, 2.45) is 0 Å². The Morgan fingerprint density at radius 3 is 2.84 bits per heavy atom. The van der Waals surface area contributed by atoms with Gasteiger partial charge in [-0.05, 0) is 25.5 Å². The van der Waals surface area contributed by atoms with Gasteiger partial charge in [0, 0.05) is 18.3 Å². The van der Waals surface area contributed by atoms with E-state index in [0.29, 0.717) is 6.04 Å². The summed E-state index contributed by atoms with van der Waals surface area (Å²) in [5, 5.41) is 7.76. The van der Waals surface area contributed by atoms with Crippen LogP contribution in [0.4, 0.5) is 0 Å². The highest BCUT2D eigenvalue weighted by atomic mass is 16.3. The largest absolute Gasteiger partial charge is 0.460 e. The second kappa shape index (κ2) is 6.06. The van der Waals surface area contributed by atoms with Gasteiger partial charge in [0.25, 0.3) is 0 Å². The normalized spacial score (nSPS) is 11.4. The van der Waals surface area contributed by atoms with Crippen molar-refractivity contribution in [3.63, 3.8) is 0 Å². The maximum atomic E-state index is 5.88. The Bertz CT molecular complexity index is 525. The van der Waals surface area contributed by atoms with Crippen LogP contribution in [0.3, 0.4) is 0 Å². The Morgan fingerprint density at radius 1 is 1.37 bits per heavy atom. The predicted molar refractivity (Wildman–Crippen MR) is 76.9 cm³/mol. The highest BCUT2D eigenvalue weighted by Crippen LogP contribution is 2.25. The topological polar surface area (TPSA) is 43.0 Å². The average molecular weight is 261 g/mol. The van der Waals surface area contributed by atoms with Crippen molar-refractivity contribution < 1.29 is 4.42 Å². The van der Waals surface area contributed by atoms with Crippen molar-refractivity contribution in [2.45, 2.75) is 53.2 Å². The van der Waals surface area contributed by atoms with Gasteiger partial charge in [0.05, 0.1) is 18.3 Å². The van der Waals surface area contributed by atoms with Crippen molar-refractivity contribution in [3.05, 3.63) is 29.8 Å². The lowest BCUT2D eigenvalue weighted by molar-refractivity contribution is 0.473. The van der Waals surface area contributed by atoms with Gasteiger partial charge < -0.3 is 9.73 Å². The Morgan fingerprint density at radius 2 is 2.16 bits per heavy atom. The minimum absolute atomic E-state index is 0.461.